The fourth-order valence-electron chi connectivity index (χ4n) is 2.53. The summed E-state index contributed by atoms with van der Waals surface area (Å²) in [4.78, 5) is 4.70. The zero-order valence-electron chi connectivity index (χ0n) is 10.5. The Morgan fingerprint density at radius 3 is 2.79 bits per heavy atom. The molecule has 0 bridgehead atoms. The number of nitrogens with zero attached hydrogens (tertiary/aromatic N) is 2. The molecule has 0 atom stereocenters. The third-order valence-corrected chi connectivity index (χ3v) is 4.64. The van der Waals surface area contributed by atoms with E-state index in [-0.39, 0.29) is 15.0 Å². The van der Waals surface area contributed by atoms with Gasteiger partial charge >= 0.3 is 119 Å². The van der Waals surface area contributed by atoms with E-state index in [0.717, 1.165) is 19.5 Å². The monoisotopic (exact) mass is 314 g/mol. The number of hydrogen-bond donors (Lipinski definition) is 0. The predicted molar refractivity (Wildman–Crippen MR) is 78.6 cm³/mol. The third-order valence-electron chi connectivity index (χ3n) is 3.42. The van der Waals surface area contributed by atoms with Crippen molar-refractivity contribution in [2.45, 2.75) is 13.0 Å². The Morgan fingerprint density at radius 1 is 1.16 bits per heavy atom. The van der Waals surface area contributed by atoms with E-state index in [4.69, 9.17) is 5.26 Å². The van der Waals surface area contributed by atoms with Crippen molar-refractivity contribution < 1.29 is 0 Å². The van der Waals surface area contributed by atoms with E-state index < -0.39 is 0 Å². The second-order valence-corrected chi connectivity index (χ2v) is 6.44. The van der Waals surface area contributed by atoms with Crippen LogP contribution in [0.3, 0.4) is 0 Å². The molecule has 0 aromatic heterocycles. The maximum atomic E-state index is 8.78. The van der Waals surface area contributed by atoms with Gasteiger partial charge in [0, 0.05) is 0 Å². The Kier molecular flexibility index (Phi) is 3.55. The summed E-state index contributed by atoms with van der Waals surface area (Å²) in [7, 11) is 0. The predicted octanol–water partition coefficient (Wildman–Crippen LogP) is 2.06. The van der Waals surface area contributed by atoms with Crippen molar-refractivity contribution in [3.63, 3.8) is 0 Å². The molecule has 19 heavy (non-hydrogen) atoms. The number of anilines is 1. The van der Waals surface area contributed by atoms with Crippen molar-refractivity contribution in [2.75, 3.05) is 11.4 Å². The standard InChI is InChI=1S/C16H14N2Se/c17-12-19-15-6-7-16-14(10-15)8-9-18(16)11-13-4-2-1-3-5-13/h1-7,10H,8-9,11H2. The van der Waals surface area contributed by atoms with Crippen LogP contribution in [-0.4, -0.2) is 21.5 Å². The Hall–Kier alpha value is -1.75. The molecule has 0 spiro atoms. The molecule has 1 aliphatic rings. The number of nitriles is 1. The normalized spacial score (nSPS) is 13.1. The minimum absolute atomic E-state index is 0.0398. The second kappa shape index (κ2) is 5.48. The molecule has 0 amide bonds. The van der Waals surface area contributed by atoms with Gasteiger partial charge in [-0.3, -0.25) is 0 Å². The Labute approximate surface area is 119 Å². The summed E-state index contributed by atoms with van der Waals surface area (Å²) in [5, 5.41) is 8.78. The molecular formula is C16H14N2Se. The maximum absolute atomic E-state index is 8.78. The molecule has 3 rings (SSSR count). The fraction of sp³-hybridized carbons (Fsp3) is 0.188. The average molecular weight is 313 g/mol. The SMILES string of the molecule is N#C[Se]c1ccc2c(c1)CCN2Cc1ccccc1. The van der Waals surface area contributed by atoms with Gasteiger partial charge in [0.15, 0.2) is 0 Å². The van der Waals surface area contributed by atoms with E-state index in [1.807, 2.05) is 0 Å². The van der Waals surface area contributed by atoms with Crippen LogP contribution in [0.5, 0.6) is 0 Å². The first kappa shape index (κ1) is 12.3. The van der Waals surface area contributed by atoms with Gasteiger partial charge in [0.25, 0.3) is 0 Å². The molecule has 2 aromatic carbocycles. The van der Waals surface area contributed by atoms with E-state index in [1.54, 1.807) is 0 Å². The molecule has 1 aliphatic heterocycles. The summed E-state index contributed by atoms with van der Waals surface area (Å²) in [6.45, 7) is 2.05. The molecule has 1 heterocycles. The number of fused-ring (bicyclic) bond motifs is 1. The van der Waals surface area contributed by atoms with Gasteiger partial charge in [-0.25, -0.2) is 0 Å². The number of hydrogen-bond acceptors (Lipinski definition) is 2. The zero-order valence-corrected chi connectivity index (χ0v) is 12.3. The van der Waals surface area contributed by atoms with Gasteiger partial charge < -0.3 is 0 Å². The van der Waals surface area contributed by atoms with Gasteiger partial charge in [0.1, 0.15) is 0 Å². The minimum atomic E-state index is -0.0398. The van der Waals surface area contributed by atoms with Crippen LogP contribution >= 0.6 is 0 Å². The summed E-state index contributed by atoms with van der Waals surface area (Å²) in [5.74, 6) is 0. The van der Waals surface area contributed by atoms with Gasteiger partial charge in [0.2, 0.25) is 0 Å². The molecule has 0 radical (unpaired) electrons. The van der Waals surface area contributed by atoms with Gasteiger partial charge in [0.05, 0.1) is 0 Å². The molecule has 0 saturated heterocycles. The van der Waals surface area contributed by atoms with Crippen LogP contribution in [-0.2, 0) is 13.0 Å². The second-order valence-electron chi connectivity index (χ2n) is 4.64. The molecule has 0 N–H and O–H groups in total. The van der Waals surface area contributed by atoms with Crippen molar-refractivity contribution in [3.8, 4) is 4.97 Å². The first-order valence-electron chi connectivity index (χ1n) is 6.34. The Balaban J connectivity index is 1.81. The van der Waals surface area contributed by atoms with E-state index >= 15 is 0 Å². The molecule has 0 unspecified atom stereocenters. The van der Waals surface area contributed by atoms with Crippen molar-refractivity contribution in [3.05, 3.63) is 59.7 Å². The molecule has 94 valence electrons. The van der Waals surface area contributed by atoms with Crippen molar-refractivity contribution >= 4 is 25.1 Å². The molecule has 3 heteroatoms. The third kappa shape index (κ3) is 2.66. The molecule has 2 nitrogen and oxygen atoms in total. The Morgan fingerprint density at radius 2 is 2.00 bits per heavy atom. The molecule has 0 fully saturated rings. The Bertz CT molecular complexity index is 616. The van der Waals surface area contributed by atoms with Crippen molar-refractivity contribution in [2.24, 2.45) is 0 Å². The van der Waals surface area contributed by atoms with Crippen LogP contribution in [0, 0.1) is 10.2 Å². The van der Waals surface area contributed by atoms with Crippen LogP contribution < -0.4 is 9.36 Å². The van der Waals surface area contributed by atoms with E-state index in [0.29, 0.717) is 0 Å². The topological polar surface area (TPSA) is 27.0 Å². The van der Waals surface area contributed by atoms with Crippen LogP contribution in [0.25, 0.3) is 0 Å². The van der Waals surface area contributed by atoms with Crippen LogP contribution in [0.15, 0.2) is 48.5 Å². The number of benzene rings is 2. The van der Waals surface area contributed by atoms with Gasteiger partial charge in [-0.2, -0.15) is 0 Å². The van der Waals surface area contributed by atoms with Crippen LogP contribution in [0.2, 0.25) is 0 Å². The van der Waals surface area contributed by atoms with Gasteiger partial charge in [-0.1, -0.05) is 0 Å². The molecule has 0 saturated carbocycles. The quantitative estimate of drug-likeness (QED) is 0.811. The van der Waals surface area contributed by atoms with Crippen molar-refractivity contribution in [1.29, 1.82) is 5.26 Å². The summed E-state index contributed by atoms with van der Waals surface area (Å²) in [5.41, 5.74) is 4.08. The first-order chi connectivity index (χ1) is 9.36. The van der Waals surface area contributed by atoms with E-state index in [1.165, 1.54) is 21.3 Å². The van der Waals surface area contributed by atoms with Gasteiger partial charge in [-0.15, -0.1) is 0 Å². The van der Waals surface area contributed by atoms with Gasteiger partial charge in [-0.05, 0) is 0 Å². The van der Waals surface area contributed by atoms with E-state index in [2.05, 4.69) is 58.4 Å². The first-order valence-corrected chi connectivity index (χ1v) is 8.06. The number of rotatable bonds is 3. The van der Waals surface area contributed by atoms with Crippen molar-refractivity contribution in [1.82, 2.24) is 0 Å². The van der Waals surface area contributed by atoms with Crippen LogP contribution in [0.4, 0.5) is 5.69 Å². The van der Waals surface area contributed by atoms with E-state index in [9.17, 15) is 0 Å². The zero-order chi connectivity index (χ0) is 13.1. The summed E-state index contributed by atoms with van der Waals surface area (Å²) < 4.78 is 1.19. The fourth-order valence-corrected chi connectivity index (χ4v) is 3.46. The summed E-state index contributed by atoms with van der Waals surface area (Å²) in [6.07, 6.45) is 1.09. The molecule has 2 aromatic rings. The molecular weight excluding hydrogens is 299 g/mol. The average Bonchev–Trinajstić information content (AvgIpc) is 2.83. The molecule has 0 aliphatic carbocycles. The summed E-state index contributed by atoms with van der Waals surface area (Å²) in [6, 6.07) is 17.1. The van der Waals surface area contributed by atoms with Crippen LogP contribution in [0.1, 0.15) is 11.1 Å². The summed E-state index contributed by atoms with van der Waals surface area (Å²) >= 11 is -0.0398.